The average Bonchev–Trinajstić information content (AvgIpc) is 2.65. The van der Waals surface area contributed by atoms with Crippen LogP contribution in [0.25, 0.3) is 11.1 Å². The van der Waals surface area contributed by atoms with Crippen LogP contribution in [0.4, 0.5) is 14.9 Å². The van der Waals surface area contributed by atoms with Crippen molar-refractivity contribution in [2.75, 3.05) is 25.9 Å². The van der Waals surface area contributed by atoms with Crippen LogP contribution in [0.3, 0.4) is 0 Å². The molecule has 0 saturated heterocycles. The van der Waals surface area contributed by atoms with Gasteiger partial charge in [-0.1, -0.05) is 25.4 Å². The number of hydrogen-bond donors (Lipinski definition) is 1. The molecule has 0 aliphatic rings. The van der Waals surface area contributed by atoms with Gasteiger partial charge in [0.1, 0.15) is 18.0 Å². The molecule has 1 aromatic heterocycles. The minimum atomic E-state index is -0.549. The smallest absolute Gasteiger partial charge is 0.410 e. The van der Waals surface area contributed by atoms with Crippen molar-refractivity contribution >= 4 is 23.4 Å². The summed E-state index contributed by atoms with van der Waals surface area (Å²) >= 11 is 6.11. The first-order valence-electron chi connectivity index (χ1n) is 9.34. The monoisotopic (exact) mass is 425 g/mol. The van der Waals surface area contributed by atoms with Gasteiger partial charge < -0.3 is 20.1 Å². The number of anilines is 1. The zero-order valence-electron chi connectivity index (χ0n) is 17.8. The van der Waals surface area contributed by atoms with Crippen LogP contribution in [0.2, 0.25) is 5.02 Å². The van der Waals surface area contributed by atoms with Gasteiger partial charge in [-0.15, -0.1) is 0 Å². The standard InChI is InChI=1S/C19H23ClFN3O3.C2H6/c1-19(2,3)27-18(25)24(4)7-8-26-17-6-5-12(11-23-17)13-9-15(21)16(22)10-14(13)20;1-2/h5-6,9-11H,7-8,22H2,1-4H3;1-2H3. The fourth-order valence-electron chi connectivity index (χ4n) is 2.13. The van der Waals surface area contributed by atoms with Gasteiger partial charge in [0, 0.05) is 30.4 Å². The molecule has 0 radical (unpaired) electrons. The number of nitrogens with zero attached hydrogens (tertiary/aromatic N) is 2. The Kier molecular flexibility index (Phi) is 9.17. The number of pyridine rings is 1. The molecule has 1 heterocycles. The molecular weight excluding hydrogens is 397 g/mol. The highest BCUT2D eigenvalue weighted by Gasteiger charge is 2.19. The van der Waals surface area contributed by atoms with E-state index in [9.17, 15) is 9.18 Å². The molecule has 8 heteroatoms. The number of ether oxygens (including phenoxy) is 2. The van der Waals surface area contributed by atoms with Gasteiger partial charge in [-0.3, -0.25) is 0 Å². The Bertz CT molecular complexity index is 808. The van der Waals surface area contributed by atoms with Gasteiger partial charge in [0.05, 0.1) is 17.3 Å². The summed E-state index contributed by atoms with van der Waals surface area (Å²) in [4.78, 5) is 17.5. The fourth-order valence-corrected chi connectivity index (χ4v) is 2.41. The topological polar surface area (TPSA) is 77.7 Å². The van der Waals surface area contributed by atoms with Crippen LogP contribution in [-0.4, -0.2) is 41.8 Å². The van der Waals surface area contributed by atoms with Crippen molar-refractivity contribution in [1.82, 2.24) is 9.88 Å². The lowest BCUT2D eigenvalue weighted by Gasteiger charge is -2.24. The third-order valence-electron chi connectivity index (χ3n) is 3.52. The van der Waals surface area contributed by atoms with Gasteiger partial charge in [0.25, 0.3) is 0 Å². The minimum Gasteiger partial charge on any atom is -0.476 e. The number of aromatic nitrogens is 1. The lowest BCUT2D eigenvalue weighted by Crippen LogP contribution is -2.36. The highest BCUT2D eigenvalue weighted by Crippen LogP contribution is 2.31. The molecule has 1 amide bonds. The molecule has 2 rings (SSSR count). The molecule has 2 N–H and O–H groups in total. The first-order valence-corrected chi connectivity index (χ1v) is 9.72. The maximum Gasteiger partial charge on any atom is 0.410 e. The number of nitrogen functional groups attached to an aromatic ring is 1. The largest absolute Gasteiger partial charge is 0.476 e. The van der Waals surface area contributed by atoms with Crippen molar-refractivity contribution in [2.24, 2.45) is 0 Å². The Morgan fingerprint density at radius 2 is 1.93 bits per heavy atom. The second-order valence-electron chi connectivity index (χ2n) is 6.99. The van der Waals surface area contributed by atoms with Crippen LogP contribution in [0.1, 0.15) is 34.6 Å². The lowest BCUT2D eigenvalue weighted by atomic mass is 10.1. The number of halogens is 2. The Balaban J connectivity index is 0.00000204. The van der Waals surface area contributed by atoms with Crippen LogP contribution in [0.5, 0.6) is 5.88 Å². The summed E-state index contributed by atoms with van der Waals surface area (Å²) in [6, 6.07) is 6.00. The molecule has 160 valence electrons. The molecular formula is C21H29ClFN3O3. The SMILES string of the molecule is CC.CN(CCOc1ccc(-c2cc(F)c(N)cc2Cl)cn1)C(=O)OC(C)(C)C. The minimum absolute atomic E-state index is 0.00855. The summed E-state index contributed by atoms with van der Waals surface area (Å²) in [6.07, 6.45) is 1.11. The summed E-state index contributed by atoms with van der Waals surface area (Å²) in [5, 5.41) is 0.336. The number of likely N-dealkylation sites (N-methyl/N-ethyl adjacent to an activating group) is 1. The molecule has 0 atom stereocenters. The molecule has 29 heavy (non-hydrogen) atoms. The Morgan fingerprint density at radius 3 is 2.48 bits per heavy atom. The predicted octanol–water partition coefficient (Wildman–Crippen LogP) is 5.40. The number of benzene rings is 1. The van der Waals surface area contributed by atoms with Crippen LogP contribution in [0.15, 0.2) is 30.5 Å². The van der Waals surface area contributed by atoms with E-state index in [1.165, 1.54) is 23.2 Å². The molecule has 0 bridgehead atoms. The van der Waals surface area contributed by atoms with E-state index < -0.39 is 17.5 Å². The van der Waals surface area contributed by atoms with E-state index in [1.54, 1.807) is 40.0 Å². The number of amides is 1. The van der Waals surface area contributed by atoms with Crippen LogP contribution >= 0.6 is 11.6 Å². The van der Waals surface area contributed by atoms with Gasteiger partial charge in [0.15, 0.2) is 0 Å². The Morgan fingerprint density at radius 1 is 1.28 bits per heavy atom. The maximum absolute atomic E-state index is 13.7. The summed E-state index contributed by atoms with van der Waals surface area (Å²) < 4.78 is 24.5. The van der Waals surface area contributed by atoms with E-state index in [2.05, 4.69) is 4.98 Å². The molecule has 1 aromatic carbocycles. The van der Waals surface area contributed by atoms with Crippen molar-refractivity contribution in [3.63, 3.8) is 0 Å². The van der Waals surface area contributed by atoms with Gasteiger partial charge in [-0.25, -0.2) is 14.2 Å². The van der Waals surface area contributed by atoms with Crippen molar-refractivity contribution < 1.29 is 18.7 Å². The van der Waals surface area contributed by atoms with E-state index in [-0.39, 0.29) is 12.3 Å². The first kappa shape index (κ1) is 24.5. The number of hydrogen-bond acceptors (Lipinski definition) is 5. The summed E-state index contributed by atoms with van der Waals surface area (Å²) in [6.45, 7) is 10.0. The highest BCUT2D eigenvalue weighted by molar-refractivity contribution is 6.33. The van der Waals surface area contributed by atoms with E-state index in [0.29, 0.717) is 28.6 Å². The number of nitrogens with two attached hydrogens (primary N) is 1. The molecule has 6 nitrogen and oxygen atoms in total. The zero-order chi connectivity index (χ0) is 22.2. The van der Waals surface area contributed by atoms with E-state index in [4.69, 9.17) is 26.8 Å². The number of carbonyl (C=O) groups excluding carboxylic acids is 1. The highest BCUT2D eigenvalue weighted by atomic mass is 35.5. The van der Waals surface area contributed by atoms with Crippen molar-refractivity contribution in [1.29, 1.82) is 0 Å². The zero-order valence-corrected chi connectivity index (χ0v) is 18.5. The lowest BCUT2D eigenvalue weighted by molar-refractivity contribution is 0.0277. The Labute approximate surface area is 176 Å². The number of carbonyl (C=O) groups is 1. The van der Waals surface area contributed by atoms with Gasteiger partial charge in [0.2, 0.25) is 5.88 Å². The molecule has 2 aromatic rings. The molecule has 0 fully saturated rings. The van der Waals surface area contributed by atoms with Crippen LogP contribution in [0, 0.1) is 5.82 Å². The summed E-state index contributed by atoms with van der Waals surface area (Å²) in [5.74, 6) is -0.164. The summed E-state index contributed by atoms with van der Waals surface area (Å²) in [7, 11) is 1.63. The maximum atomic E-state index is 13.7. The van der Waals surface area contributed by atoms with Crippen molar-refractivity contribution in [3.05, 3.63) is 41.3 Å². The van der Waals surface area contributed by atoms with Crippen molar-refractivity contribution in [2.45, 2.75) is 40.2 Å². The second-order valence-corrected chi connectivity index (χ2v) is 7.40. The quantitative estimate of drug-likeness (QED) is 0.649. The number of rotatable bonds is 5. The molecule has 0 aliphatic carbocycles. The predicted molar refractivity (Wildman–Crippen MR) is 115 cm³/mol. The van der Waals surface area contributed by atoms with Gasteiger partial charge in [-0.2, -0.15) is 0 Å². The molecule has 0 saturated carbocycles. The van der Waals surface area contributed by atoms with Gasteiger partial charge in [-0.05, 0) is 39.0 Å². The van der Waals surface area contributed by atoms with E-state index >= 15 is 0 Å². The van der Waals surface area contributed by atoms with E-state index in [1.807, 2.05) is 13.8 Å². The molecule has 0 spiro atoms. The Hall–Kier alpha value is -2.54. The van der Waals surface area contributed by atoms with Gasteiger partial charge >= 0.3 is 6.09 Å². The third-order valence-corrected chi connectivity index (χ3v) is 3.83. The average molecular weight is 426 g/mol. The fraction of sp³-hybridized carbons (Fsp3) is 0.429. The van der Waals surface area contributed by atoms with Crippen LogP contribution < -0.4 is 10.5 Å². The normalized spacial score (nSPS) is 10.6. The summed E-state index contributed by atoms with van der Waals surface area (Å²) in [5.41, 5.74) is 6.07. The third kappa shape index (κ3) is 7.77. The second kappa shape index (κ2) is 10.9. The van der Waals surface area contributed by atoms with Crippen LogP contribution in [-0.2, 0) is 4.74 Å². The van der Waals surface area contributed by atoms with Crippen molar-refractivity contribution in [3.8, 4) is 17.0 Å². The first-order chi connectivity index (χ1) is 13.6. The molecule has 0 aliphatic heterocycles. The van der Waals surface area contributed by atoms with E-state index in [0.717, 1.165) is 0 Å². The molecule has 0 unspecified atom stereocenters.